The predicted molar refractivity (Wildman–Crippen MR) is 191 cm³/mol. The molecule has 0 bridgehead atoms. The van der Waals surface area contributed by atoms with Crippen LogP contribution >= 0.6 is 0 Å². The predicted octanol–water partition coefficient (Wildman–Crippen LogP) is 10.6. The monoisotopic (exact) mass is 768 g/mol. The number of benzene rings is 4. The van der Waals surface area contributed by atoms with E-state index in [2.05, 4.69) is 0 Å². The summed E-state index contributed by atoms with van der Waals surface area (Å²) < 4.78 is 155. The van der Waals surface area contributed by atoms with Crippen LogP contribution in [0.15, 0.2) is 118 Å². The minimum atomic E-state index is -6.02. The van der Waals surface area contributed by atoms with Crippen LogP contribution in [0.5, 0.6) is 0 Å². The molecule has 4 aromatic carbocycles. The summed E-state index contributed by atoms with van der Waals surface area (Å²) in [5.74, 6) is -17.2. The lowest BCUT2D eigenvalue weighted by Crippen LogP contribution is -2.62. The largest absolute Gasteiger partial charge is 0.380 e. The maximum Gasteiger partial charge on any atom is 0.380 e. The third-order valence-corrected chi connectivity index (χ3v) is 16.9. The highest BCUT2D eigenvalue weighted by Gasteiger charge is 2.88. The Labute approximate surface area is 304 Å². The number of allylic oxidation sites excluding steroid dienone is 2. The van der Waals surface area contributed by atoms with Crippen molar-refractivity contribution in [1.82, 2.24) is 0 Å². The SMILES string of the molecule is CCCCC12C(=C3C(=C4c5ccc(-c6ccccc6)cc5S(=O)(=O)C41CCCC)C(F)(F)C(F)(F)C3(F)F)c1ccc(-c3ccccc3)cc1S2(=O)=O. The van der Waals surface area contributed by atoms with Crippen LogP contribution in [0.2, 0.25) is 0 Å². The molecule has 2 aliphatic carbocycles. The Morgan fingerprint density at radius 3 is 1.17 bits per heavy atom. The normalized spacial score (nSPS) is 26.1. The standard InChI is InChI=1S/C41H34F6O4S2/c1-3-5-21-37-33(29-19-17-27(23-31(29)52(37,48)49)25-13-9-7-10-14-25)35-36(40(44,45)41(46,47)39(35,42)43)34-30-20-18-28(26-15-11-8-12-16-26)24-32(30)53(50,51)38(34,37)22-6-4-2/h7-20,23-24H,3-6,21-22H2,1-2H3. The van der Waals surface area contributed by atoms with Gasteiger partial charge in [-0.25, -0.2) is 16.8 Å². The van der Waals surface area contributed by atoms with Crippen molar-refractivity contribution in [1.29, 1.82) is 0 Å². The minimum Gasteiger partial charge on any atom is -0.223 e. The molecule has 2 heterocycles. The number of alkyl halides is 6. The van der Waals surface area contributed by atoms with Gasteiger partial charge in [0.15, 0.2) is 19.7 Å². The Morgan fingerprint density at radius 2 is 0.830 bits per heavy atom. The van der Waals surface area contributed by atoms with Gasteiger partial charge >= 0.3 is 17.8 Å². The summed E-state index contributed by atoms with van der Waals surface area (Å²) in [5.41, 5.74) is -4.70. The maximum absolute atomic E-state index is 16.6. The van der Waals surface area contributed by atoms with Crippen LogP contribution in [0.1, 0.15) is 63.5 Å². The topological polar surface area (TPSA) is 68.3 Å². The summed E-state index contributed by atoms with van der Waals surface area (Å²) in [5, 5.41) is 0. The third kappa shape index (κ3) is 4.09. The Balaban J connectivity index is 1.60. The second-order valence-electron chi connectivity index (χ2n) is 14.2. The van der Waals surface area contributed by atoms with E-state index >= 15 is 43.2 Å². The average Bonchev–Trinajstić information content (AvgIpc) is 3.51. The number of rotatable bonds is 8. The van der Waals surface area contributed by atoms with E-state index in [0.29, 0.717) is 22.3 Å². The van der Waals surface area contributed by atoms with E-state index in [1.165, 1.54) is 36.4 Å². The van der Waals surface area contributed by atoms with Crippen molar-refractivity contribution in [2.24, 2.45) is 0 Å². The Morgan fingerprint density at radius 1 is 0.472 bits per heavy atom. The van der Waals surface area contributed by atoms with E-state index < -0.39 is 103 Å². The third-order valence-electron chi connectivity index (χ3n) is 11.6. The first-order chi connectivity index (χ1) is 25.0. The molecule has 0 aromatic heterocycles. The molecular weight excluding hydrogens is 735 g/mol. The number of fused-ring (bicyclic) bond motifs is 8. The minimum absolute atomic E-state index is 0.0362. The van der Waals surface area contributed by atoms with Crippen molar-refractivity contribution in [3.63, 3.8) is 0 Å². The lowest BCUT2D eigenvalue weighted by molar-refractivity contribution is -0.257. The van der Waals surface area contributed by atoms with E-state index in [1.807, 2.05) is 0 Å². The second-order valence-corrected chi connectivity index (χ2v) is 18.5. The van der Waals surface area contributed by atoms with Crippen molar-refractivity contribution in [3.05, 3.63) is 119 Å². The first-order valence-electron chi connectivity index (χ1n) is 17.5. The van der Waals surface area contributed by atoms with Crippen molar-refractivity contribution < 1.29 is 43.2 Å². The van der Waals surface area contributed by atoms with Gasteiger partial charge in [-0.05, 0) is 69.5 Å². The van der Waals surface area contributed by atoms with Gasteiger partial charge in [-0.1, -0.05) is 124 Å². The van der Waals surface area contributed by atoms with Gasteiger partial charge in [0, 0.05) is 11.1 Å². The summed E-state index contributed by atoms with van der Waals surface area (Å²) in [7, 11) is -10.2. The summed E-state index contributed by atoms with van der Waals surface area (Å²) in [6.07, 6.45) is -0.736. The van der Waals surface area contributed by atoms with E-state index in [-0.39, 0.29) is 25.7 Å². The van der Waals surface area contributed by atoms with Crippen LogP contribution < -0.4 is 0 Å². The molecular formula is C41H34F6O4S2. The van der Waals surface area contributed by atoms with Gasteiger partial charge in [0.05, 0.1) is 9.79 Å². The van der Waals surface area contributed by atoms with Crippen LogP contribution in [-0.2, 0) is 19.7 Å². The second kappa shape index (κ2) is 11.4. The molecule has 0 radical (unpaired) electrons. The fourth-order valence-electron chi connectivity index (χ4n) is 9.28. The molecule has 0 saturated heterocycles. The summed E-state index contributed by atoms with van der Waals surface area (Å²) in [6, 6.07) is 24.6. The van der Waals surface area contributed by atoms with Gasteiger partial charge in [0.2, 0.25) is 0 Å². The van der Waals surface area contributed by atoms with Crippen molar-refractivity contribution >= 4 is 30.8 Å². The first-order valence-corrected chi connectivity index (χ1v) is 20.5. The van der Waals surface area contributed by atoms with E-state index in [0.717, 1.165) is 0 Å². The molecule has 8 rings (SSSR count). The van der Waals surface area contributed by atoms with Crippen LogP contribution in [-0.4, -0.2) is 44.1 Å². The molecule has 2 unspecified atom stereocenters. The smallest absolute Gasteiger partial charge is 0.223 e. The zero-order chi connectivity index (χ0) is 38.0. The molecule has 53 heavy (non-hydrogen) atoms. The number of hydrogen-bond acceptors (Lipinski definition) is 4. The van der Waals surface area contributed by atoms with Gasteiger partial charge in [-0.3, -0.25) is 0 Å². The van der Waals surface area contributed by atoms with Crippen molar-refractivity contribution in [2.75, 3.05) is 0 Å². The van der Waals surface area contributed by atoms with Crippen LogP contribution in [0.4, 0.5) is 26.3 Å². The lowest BCUT2D eigenvalue weighted by atomic mass is 9.64. The molecule has 12 heteroatoms. The fourth-order valence-corrected chi connectivity index (χ4v) is 15.2. The number of sulfone groups is 2. The van der Waals surface area contributed by atoms with E-state index in [4.69, 9.17) is 0 Å². The highest BCUT2D eigenvalue weighted by Crippen LogP contribution is 2.77. The fraction of sp³-hybridized carbons (Fsp3) is 0.317. The number of hydrogen-bond donors (Lipinski definition) is 0. The zero-order valence-corrected chi connectivity index (χ0v) is 30.3. The molecule has 2 aliphatic heterocycles. The van der Waals surface area contributed by atoms with Crippen LogP contribution in [0, 0.1) is 0 Å². The van der Waals surface area contributed by atoms with Gasteiger partial charge in [0.1, 0.15) is 9.49 Å². The van der Waals surface area contributed by atoms with Crippen molar-refractivity contribution in [3.8, 4) is 22.3 Å². The molecule has 276 valence electrons. The van der Waals surface area contributed by atoms with Crippen LogP contribution in [0.25, 0.3) is 33.4 Å². The number of unbranched alkanes of at least 4 members (excludes halogenated alkanes) is 2. The van der Waals surface area contributed by atoms with Gasteiger partial charge < -0.3 is 0 Å². The summed E-state index contributed by atoms with van der Waals surface area (Å²) in [6.45, 7) is 3.37. The molecule has 0 amide bonds. The van der Waals surface area contributed by atoms with Gasteiger partial charge in [-0.15, -0.1) is 0 Å². The molecule has 1 fully saturated rings. The molecule has 0 N–H and O–H groups in total. The summed E-state index contributed by atoms with van der Waals surface area (Å²) >= 11 is 0. The Bertz CT molecular complexity index is 2320. The highest BCUT2D eigenvalue weighted by atomic mass is 32.2. The van der Waals surface area contributed by atoms with Gasteiger partial charge in [0.25, 0.3) is 0 Å². The molecule has 4 aromatic rings. The maximum atomic E-state index is 16.6. The van der Waals surface area contributed by atoms with E-state index in [1.54, 1.807) is 74.5 Å². The molecule has 1 saturated carbocycles. The first kappa shape index (κ1) is 35.8. The van der Waals surface area contributed by atoms with Crippen molar-refractivity contribution in [2.45, 2.75) is 89.4 Å². The zero-order valence-electron chi connectivity index (χ0n) is 28.7. The van der Waals surface area contributed by atoms with Crippen LogP contribution in [0.3, 0.4) is 0 Å². The van der Waals surface area contributed by atoms with E-state index in [9.17, 15) is 0 Å². The lowest BCUT2D eigenvalue weighted by Gasteiger charge is -2.50. The molecule has 4 aliphatic rings. The summed E-state index contributed by atoms with van der Waals surface area (Å²) in [4.78, 5) is -1.11. The Hall–Kier alpha value is -4.16. The molecule has 2 atom stereocenters. The highest BCUT2D eigenvalue weighted by molar-refractivity contribution is 7.98. The molecule has 0 spiro atoms. The average molecular weight is 769 g/mol. The quantitative estimate of drug-likeness (QED) is 0.167. The van der Waals surface area contributed by atoms with Gasteiger partial charge in [-0.2, -0.15) is 26.3 Å². The Kier molecular flexibility index (Phi) is 7.73. The molecule has 4 nitrogen and oxygen atoms in total. The number of halogens is 6.